The van der Waals surface area contributed by atoms with Crippen molar-refractivity contribution in [3.05, 3.63) is 54.6 Å². The summed E-state index contributed by atoms with van der Waals surface area (Å²) >= 11 is 0. The first-order chi connectivity index (χ1) is 6.36. The van der Waals surface area contributed by atoms with Gasteiger partial charge in [-0.05, 0) is 35.4 Å². The van der Waals surface area contributed by atoms with Crippen LogP contribution in [0, 0.1) is 6.07 Å². The average molecular weight is 169 g/mol. The second-order valence-electron chi connectivity index (χ2n) is 2.84. The Hall–Kier alpha value is -1.76. The minimum absolute atomic E-state index is 0.293. The number of phenolic OH excluding ortho intramolecular Hbond substituents is 1. The quantitative estimate of drug-likeness (QED) is 0.696. The Morgan fingerprint density at radius 3 is 2.54 bits per heavy atom. The summed E-state index contributed by atoms with van der Waals surface area (Å²) in [6, 6.07) is 17.9. The molecule has 0 aromatic heterocycles. The summed E-state index contributed by atoms with van der Waals surface area (Å²) in [5, 5.41) is 9.26. The van der Waals surface area contributed by atoms with E-state index in [1.165, 1.54) is 0 Å². The summed E-state index contributed by atoms with van der Waals surface area (Å²) in [5.74, 6) is 0.293. The van der Waals surface area contributed by atoms with Crippen LogP contribution in [0.5, 0.6) is 5.75 Å². The molecule has 0 saturated heterocycles. The van der Waals surface area contributed by atoms with Gasteiger partial charge in [-0.15, -0.1) is 0 Å². The lowest BCUT2D eigenvalue weighted by Gasteiger charge is -2.00. The Morgan fingerprint density at radius 1 is 1.00 bits per heavy atom. The highest BCUT2D eigenvalue weighted by molar-refractivity contribution is 5.64. The lowest BCUT2D eigenvalue weighted by Crippen LogP contribution is -1.75. The van der Waals surface area contributed by atoms with Crippen molar-refractivity contribution in [2.45, 2.75) is 0 Å². The van der Waals surface area contributed by atoms with E-state index in [2.05, 4.69) is 6.07 Å². The first-order valence-corrected chi connectivity index (χ1v) is 4.12. The van der Waals surface area contributed by atoms with E-state index >= 15 is 0 Å². The van der Waals surface area contributed by atoms with Crippen molar-refractivity contribution in [1.82, 2.24) is 0 Å². The molecular formula is C12H9O. The molecule has 63 valence electrons. The van der Waals surface area contributed by atoms with Crippen LogP contribution in [0.15, 0.2) is 48.5 Å². The molecule has 1 heteroatoms. The van der Waals surface area contributed by atoms with Crippen molar-refractivity contribution < 1.29 is 5.11 Å². The topological polar surface area (TPSA) is 20.2 Å². The Balaban J connectivity index is 2.48. The first-order valence-electron chi connectivity index (χ1n) is 4.12. The van der Waals surface area contributed by atoms with Gasteiger partial charge in [0.2, 0.25) is 0 Å². The van der Waals surface area contributed by atoms with Crippen LogP contribution >= 0.6 is 0 Å². The molecule has 1 radical (unpaired) electrons. The Bertz CT molecular complexity index is 393. The zero-order chi connectivity index (χ0) is 9.10. The van der Waals surface area contributed by atoms with Gasteiger partial charge >= 0.3 is 0 Å². The highest BCUT2D eigenvalue weighted by atomic mass is 16.3. The molecule has 0 spiro atoms. The molecule has 1 N–H and O–H groups in total. The second kappa shape index (κ2) is 3.31. The third kappa shape index (κ3) is 1.70. The number of rotatable bonds is 1. The van der Waals surface area contributed by atoms with Gasteiger partial charge in [0, 0.05) is 0 Å². The van der Waals surface area contributed by atoms with Crippen LogP contribution in [0.4, 0.5) is 0 Å². The van der Waals surface area contributed by atoms with E-state index in [9.17, 15) is 5.11 Å². The molecular weight excluding hydrogens is 160 g/mol. The van der Waals surface area contributed by atoms with Crippen molar-refractivity contribution in [3.63, 3.8) is 0 Å². The minimum atomic E-state index is 0.293. The van der Waals surface area contributed by atoms with Crippen molar-refractivity contribution in [2.24, 2.45) is 0 Å². The van der Waals surface area contributed by atoms with Crippen LogP contribution < -0.4 is 0 Å². The van der Waals surface area contributed by atoms with E-state index in [1.54, 1.807) is 12.1 Å². The number of hydrogen-bond donors (Lipinski definition) is 1. The zero-order valence-corrected chi connectivity index (χ0v) is 7.07. The molecule has 0 fully saturated rings. The van der Waals surface area contributed by atoms with Gasteiger partial charge in [0.25, 0.3) is 0 Å². The molecule has 0 amide bonds. The predicted molar refractivity (Wildman–Crippen MR) is 52.4 cm³/mol. The van der Waals surface area contributed by atoms with E-state index in [4.69, 9.17) is 0 Å². The maximum Gasteiger partial charge on any atom is 0.116 e. The molecule has 0 atom stereocenters. The molecule has 0 aliphatic heterocycles. The largest absolute Gasteiger partial charge is 0.508 e. The van der Waals surface area contributed by atoms with Crippen LogP contribution in [0.2, 0.25) is 0 Å². The highest BCUT2D eigenvalue weighted by Gasteiger charge is 1.96. The van der Waals surface area contributed by atoms with Gasteiger partial charge in [-0.3, -0.25) is 0 Å². The predicted octanol–water partition coefficient (Wildman–Crippen LogP) is 2.86. The van der Waals surface area contributed by atoms with Gasteiger partial charge in [0.05, 0.1) is 0 Å². The summed E-state index contributed by atoms with van der Waals surface area (Å²) in [6.07, 6.45) is 0. The standard InChI is InChI=1S/C12H9O/c13-12-8-4-7-11(9-12)10-5-2-1-3-6-10/h1-2,4-9,13H. The van der Waals surface area contributed by atoms with Gasteiger partial charge in [-0.25, -0.2) is 0 Å². The fourth-order valence-corrected chi connectivity index (χ4v) is 1.26. The molecule has 1 nitrogen and oxygen atoms in total. The van der Waals surface area contributed by atoms with Gasteiger partial charge in [-0.2, -0.15) is 0 Å². The third-order valence-corrected chi connectivity index (χ3v) is 1.89. The van der Waals surface area contributed by atoms with E-state index in [0.29, 0.717) is 5.75 Å². The maximum atomic E-state index is 9.26. The van der Waals surface area contributed by atoms with Gasteiger partial charge in [0.1, 0.15) is 5.75 Å². The van der Waals surface area contributed by atoms with E-state index in [-0.39, 0.29) is 0 Å². The molecule has 2 aromatic rings. The molecule has 2 rings (SSSR count). The number of benzene rings is 2. The third-order valence-electron chi connectivity index (χ3n) is 1.89. The normalized spacial score (nSPS) is 9.85. The number of phenols is 1. The fraction of sp³-hybridized carbons (Fsp3) is 0. The monoisotopic (exact) mass is 169 g/mol. The summed E-state index contributed by atoms with van der Waals surface area (Å²) in [7, 11) is 0. The summed E-state index contributed by atoms with van der Waals surface area (Å²) < 4.78 is 0. The summed E-state index contributed by atoms with van der Waals surface area (Å²) in [6.45, 7) is 0. The molecule has 0 unspecified atom stereocenters. The minimum Gasteiger partial charge on any atom is -0.508 e. The number of hydrogen-bond acceptors (Lipinski definition) is 1. The highest BCUT2D eigenvalue weighted by Crippen LogP contribution is 2.22. The molecule has 13 heavy (non-hydrogen) atoms. The van der Waals surface area contributed by atoms with Gasteiger partial charge in [0.15, 0.2) is 0 Å². The average Bonchev–Trinajstić information content (AvgIpc) is 2.19. The SMILES string of the molecule is Oc1cccc(-c2c[c]ccc2)c1. The summed E-state index contributed by atoms with van der Waals surface area (Å²) in [5.41, 5.74) is 2.08. The first kappa shape index (κ1) is 7.87. The van der Waals surface area contributed by atoms with Crippen molar-refractivity contribution in [2.75, 3.05) is 0 Å². The molecule has 0 heterocycles. The van der Waals surface area contributed by atoms with E-state index < -0.39 is 0 Å². The van der Waals surface area contributed by atoms with E-state index in [0.717, 1.165) is 11.1 Å². The molecule has 2 aromatic carbocycles. The fourth-order valence-electron chi connectivity index (χ4n) is 1.26. The molecule has 0 aliphatic carbocycles. The zero-order valence-electron chi connectivity index (χ0n) is 7.07. The van der Waals surface area contributed by atoms with Crippen LogP contribution in [0.25, 0.3) is 11.1 Å². The van der Waals surface area contributed by atoms with Crippen LogP contribution in [0.3, 0.4) is 0 Å². The van der Waals surface area contributed by atoms with E-state index in [1.807, 2.05) is 36.4 Å². The lowest BCUT2D eigenvalue weighted by atomic mass is 10.1. The van der Waals surface area contributed by atoms with Gasteiger partial charge < -0.3 is 5.11 Å². The maximum absolute atomic E-state index is 9.26. The van der Waals surface area contributed by atoms with Gasteiger partial charge in [-0.1, -0.05) is 30.3 Å². The van der Waals surface area contributed by atoms with Crippen LogP contribution in [-0.4, -0.2) is 5.11 Å². The smallest absolute Gasteiger partial charge is 0.116 e. The van der Waals surface area contributed by atoms with Crippen molar-refractivity contribution in [1.29, 1.82) is 0 Å². The van der Waals surface area contributed by atoms with Crippen molar-refractivity contribution in [3.8, 4) is 16.9 Å². The Morgan fingerprint density at radius 2 is 1.85 bits per heavy atom. The Labute approximate surface area is 77.3 Å². The van der Waals surface area contributed by atoms with Crippen LogP contribution in [0.1, 0.15) is 0 Å². The molecule has 0 aliphatic rings. The molecule has 0 bridgehead atoms. The summed E-state index contributed by atoms with van der Waals surface area (Å²) in [4.78, 5) is 0. The second-order valence-corrected chi connectivity index (χ2v) is 2.84. The number of aromatic hydroxyl groups is 1. The van der Waals surface area contributed by atoms with Crippen LogP contribution in [-0.2, 0) is 0 Å². The molecule has 0 saturated carbocycles. The van der Waals surface area contributed by atoms with Crippen molar-refractivity contribution >= 4 is 0 Å². The Kier molecular flexibility index (Phi) is 2.01. The lowest BCUT2D eigenvalue weighted by molar-refractivity contribution is 0.475.